The highest BCUT2D eigenvalue weighted by molar-refractivity contribution is 14.1. The summed E-state index contributed by atoms with van der Waals surface area (Å²) in [6.07, 6.45) is 2.89. The van der Waals surface area contributed by atoms with Crippen LogP contribution in [0.4, 0.5) is 5.82 Å². The monoisotopic (exact) mass is 260 g/mol. The van der Waals surface area contributed by atoms with Crippen LogP contribution in [-0.2, 0) is 6.42 Å². The topological polar surface area (TPSA) is 24.9 Å². The van der Waals surface area contributed by atoms with Crippen LogP contribution in [0.15, 0.2) is 18.3 Å². The van der Waals surface area contributed by atoms with Gasteiger partial charge in [-0.3, -0.25) is 0 Å². The summed E-state index contributed by atoms with van der Waals surface area (Å²) in [5.74, 6) is 1.05. The number of aromatic nitrogens is 1. The summed E-state index contributed by atoms with van der Waals surface area (Å²) in [5.41, 5.74) is 1.32. The lowest BCUT2D eigenvalue weighted by molar-refractivity contribution is 0.806. The number of alkyl halides is 1. The first-order valence-electron chi connectivity index (χ1n) is 3.58. The Morgan fingerprint density at radius 1 is 1.73 bits per heavy atom. The summed E-state index contributed by atoms with van der Waals surface area (Å²) in [6, 6.07) is 4.11. The first kappa shape index (κ1) is 7.34. The molecule has 1 aromatic rings. The fourth-order valence-electron chi connectivity index (χ4n) is 1.34. The standard InChI is InChI=1S/C8H9IN2/c1-8(9)5-6-3-2-4-10-7(6)11-8/h2-4H,5H2,1H3,(H,10,11). The molecule has 0 aliphatic carbocycles. The Balaban J connectivity index is 2.41. The summed E-state index contributed by atoms with van der Waals surface area (Å²) in [5, 5.41) is 3.35. The number of hydrogen-bond donors (Lipinski definition) is 1. The number of fused-ring (bicyclic) bond motifs is 1. The van der Waals surface area contributed by atoms with Crippen LogP contribution in [0.25, 0.3) is 0 Å². The zero-order valence-corrected chi connectivity index (χ0v) is 8.42. The van der Waals surface area contributed by atoms with E-state index in [9.17, 15) is 0 Å². The lowest BCUT2D eigenvalue weighted by Crippen LogP contribution is -2.22. The van der Waals surface area contributed by atoms with Gasteiger partial charge in [-0.15, -0.1) is 0 Å². The van der Waals surface area contributed by atoms with Gasteiger partial charge in [-0.05, 0) is 18.6 Å². The zero-order chi connectivity index (χ0) is 7.90. The van der Waals surface area contributed by atoms with Gasteiger partial charge in [0.05, 0.1) is 3.55 Å². The van der Waals surface area contributed by atoms with Crippen LogP contribution in [0, 0.1) is 0 Å². The number of rotatable bonds is 0. The van der Waals surface area contributed by atoms with Crippen molar-refractivity contribution in [3.8, 4) is 0 Å². The summed E-state index contributed by atoms with van der Waals surface area (Å²) < 4.78 is 0.161. The molecular formula is C8H9IN2. The second kappa shape index (κ2) is 2.33. The van der Waals surface area contributed by atoms with E-state index in [1.54, 1.807) is 0 Å². The second-order valence-electron chi connectivity index (χ2n) is 3.01. The summed E-state index contributed by atoms with van der Waals surface area (Å²) in [4.78, 5) is 4.24. The molecule has 0 bridgehead atoms. The molecular weight excluding hydrogens is 251 g/mol. The average molecular weight is 260 g/mol. The van der Waals surface area contributed by atoms with Crippen molar-refractivity contribution >= 4 is 28.4 Å². The molecule has 0 radical (unpaired) electrons. The van der Waals surface area contributed by atoms with Gasteiger partial charge in [0.1, 0.15) is 5.82 Å². The van der Waals surface area contributed by atoms with Gasteiger partial charge in [0.25, 0.3) is 0 Å². The van der Waals surface area contributed by atoms with E-state index in [0.29, 0.717) is 0 Å². The van der Waals surface area contributed by atoms with Gasteiger partial charge in [0, 0.05) is 12.6 Å². The molecule has 2 nitrogen and oxygen atoms in total. The molecule has 0 fully saturated rings. The fourth-order valence-corrected chi connectivity index (χ4v) is 2.01. The van der Waals surface area contributed by atoms with Crippen LogP contribution in [-0.4, -0.2) is 8.53 Å². The molecule has 2 heterocycles. The number of hydrogen-bond acceptors (Lipinski definition) is 2. The third kappa shape index (κ3) is 1.34. The first-order chi connectivity index (χ1) is 5.17. The van der Waals surface area contributed by atoms with Crippen molar-refractivity contribution in [3.63, 3.8) is 0 Å². The van der Waals surface area contributed by atoms with Gasteiger partial charge in [-0.1, -0.05) is 28.7 Å². The van der Waals surface area contributed by atoms with E-state index in [0.717, 1.165) is 12.2 Å². The molecule has 0 amide bonds. The van der Waals surface area contributed by atoms with Crippen LogP contribution in [0.3, 0.4) is 0 Å². The molecule has 1 aliphatic rings. The second-order valence-corrected chi connectivity index (χ2v) is 5.39. The largest absolute Gasteiger partial charge is 0.355 e. The minimum absolute atomic E-state index is 0.161. The zero-order valence-electron chi connectivity index (χ0n) is 6.26. The van der Waals surface area contributed by atoms with Crippen molar-refractivity contribution in [1.29, 1.82) is 0 Å². The molecule has 1 aliphatic heterocycles. The lowest BCUT2D eigenvalue weighted by atomic mass is 10.2. The minimum atomic E-state index is 0.161. The van der Waals surface area contributed by atoms with E-state index in [4.69, 9.17) is 0 Å². The number of nitrogens with zero attached hydrogens (tertiary/aromatic N) is 1. The van der Waals surface area contributed by atoms with Gasteiger partial charge in [-0.2, -0.15) is 0 Å². The molecule has 0 saturated heterocycles. The smallest absolute Gasteiger partial charge is 0.130 e. The maximum Gasteiger partial charge on any atom is 0.130 e. The SMILES string of the molecule is CC1(I)Cc2cccnc2N1. The van der Waals surface area contributed by atoms with Crippen molar-refractivity contribution in [2.24, 2.45) is 0 Å². The predicted molar refractivity (Wildman–Crippen MR) is 54.0 cm³/mol. The summed E-state index contributed by atoms with van der Waals surface area (Å²) in [6.45, 7) is 2.18. The Morgan fingerprint density at radius 2 is 2.55 bits per heavy atom. The fraction of sp³-hybridized carbons (Fsp3) is 0.375. The molecule has 58 valence electrons. The average Bonchev–Trinajstić information content (AvgIpc) is 2.21. The first-order valence-corrected chi connectivity index (χ1v) is 4.66. The summed E-state index contributed by atoms with van der Waals surface area (Å²) >= 11 is 2.41. The van der Waals surface area contributed by atoms with Crippen molar-refractivity contribution < 1.29 is 0 Å². The Hall–Kier alpha value is -0.320. The quantitative estimate of drug-likeness (QED) is 0.439. The molecule has 1 N–H and O–H groups in total. The van der Waals surface area contributed by atoms with Crippen molar-refractivity contribution in [3.05, 3.63) is 23.9 Å². The molecule has 0 saturated carbocycles. The third-order valence-corrected chi connectivity index (χ3v) is 2.44. The molecule has 0 spiro atoms. The molecule has 11 heavy (non-hydrogen) atoms. The normalized spacial score (nSPS) is 27.8. The highest BCUT2D eigenvalue weighted by atomic mass is 127. The lowest BCUT2D eigenvalue weighted by Gasteiger charge is -2.14. The van der Waals surface area contributed by atoms with Gasteiger partial charge in [-0.25, -0.2) is 4.98 Å². The highest BCUT2D eigenvalue weighted by Gasteiger charge is 2.29. The van der Waals surface area contributed by atoms with Crippen molar-refractivity contribution in [1.82, 2.24) is 4.98 Å². The van der Waals surface area contributed by atoms with Crippen LogP contribution in [0.5, 0.6) is 0 Å². The Labute approximate surface area is 79.6 Å². The summed E-state index contributed by atoms with van der Waals surface area (Å²) in [7, 11) is 0. The maximum atomic E-state index is 4.24. The number of nitrogens with one attached hydrogen (secondary N) is 1. The third-order valence-electron chi connectivity index (χ3n) is 1.79. The highest BCUT2D eigenvalue weighted by Crippen LogP contribution is 2.34. The van der Waals surface area contributed by atoms with Crippen LogP contribution < -0.4 is 5.32 Å². The maximum absolute atomic E-state index is 4.24. The number of pyridine rings is 1. The molecule has 1 atom stereocenters. The van der Waals surface area contributed by atoms with Crippen LogP contribution >= 0.6 is 22.6 Å². The van der Waals surface area contributed by atoms with Crippen molar-refractivity contribution in [2.45, 2.75) is 16.9 Å². The number of halogens is 1. The Bertz CT molecular complexity index is 256. The van der Waals surface area contributed by atoms with E-state index in [2.05, 4.69) is 45.9 Å². The van der Waals surface area contributed by atoms with Gasteiger partial charge in [0.15, 0.2) is 0 Å². The van der Waals surface area contributed by atoms with E-state index in [1.807, 2.05) is 12.3 Å². The van der Waals surface area contributed by atoms with E-state index in [-0.39, 0.29) is 3.55 Å². The van der Waals surface area contributed by atoms with Gasteiger partial charge < -0.3 is 5.32 Å². The minimum Gasteiger partial charge on any atom is -0.355 e. The molecule has 0 aromatic carbocycles. The number of anilines is 1. The van der Waals surface area contributed by atoms with E-state index < -0.39 is 0 Å². The Morgan fingerprint density at radius 3 is 3.27 bits per heavy atom. The van der Waals surface area contributed by atoms with E-state index >= 15 is 0 Å². The molecule has 1 unspecified atom stereocenters. The van der Waals surface area contributed by atoms with Crippen LogP contribution in [0.1, 0.15) is 12.5 Å². The molecule has 2 rings (SSSR count). The van der Waals surface area contributed by atoms with Crippen LogP contribution in [0.2, 0.25) is 0 Å². The molecule has 1 aromatic heterocycles. The van der Waals surface area contributed by atoms with E-state index in [1.165, 1.54) is 5.56 Å². The Kier molecular flexibility index (Phi) is 1.56. The van der Waals surface area contributed by atoms with Gasteiger partial charge in [0.2, 0.25) is 0 Å². The van der Waals surface area contributed by atoms with Gasteiger partial charge >= 0.3 is 0 Å². The molecule has 3 heteroatoms. The van der Waals surface area contributed by atoms with Crippen molar-refractivity contribution in [2.75, 3.05) is 5.32 Å². The predicted octanol–water partition coefficient (Wildman–Crippen LogP) is 2.20.